The normalized spacial score (nSPS) is 12.8. The van der Waals surface area contributed by atoms with Crippen molar-refractivity contribution in [2.45, 2.75) is 19.8 Å². The lowest BCUT2D eigenvalue weighted by atomic mass is 10.4. The predicted molar refractivity (Wildman–Crippen MR) is 69.9 cm³/mol. The Morgan fingerprint density at radius 3 is 1.75 bits per heavy atom. The molecule has 0 bridgehead atoms. The van der Waals surface area contributed by atoms with E-state index >= 15 is 0 Å². The van der Waals surface area contributed by atoms with Crippen LogP contribution >= 0.6 is 0 Å². The van der Waals surface area contributed by atoms with Crippen molar-refractivity contribution in [1.29, 1.82) is 0 Å². The summed E-state index contributed by atoms with van der Waals surface area (Å²) < 4.78 is 22.4. The van der Waals surface area contributed by atoms with Crippen LogP contribution in [-0.2, 0) is 23.7 Å². The lowest BCUT2D eigenvalue weighted by Crippen LogP contribution is -2.16. The van der Waals surface area contributed by atoms with Gasteiger partial charge in [0.1, 0.15) is 0 Å². The van der Waals surface area contributed by atoms with E-state index in [-0.39, 0.29) is 0 Å². The first-order valence-corrected chi connectivity index (χ1v) is 6.21. The molecule has 0 aromatic heterocycles. The van der Waals surface area contributed by atoms with Gasteiger partial charge < -0.3 is 28.8 Å². The second kappa shape index (κ2) is 17.5. The zero-order valence-electron chi connectivity index (χ0n) is 12.3. The predicted octanol–water partition coefficient (Wildman–Crippen LogP) is 1.91. The van der Waals surface area contributed by atoms with E-state index in [1.807, 2.05) is 6.92 Å². The molecule has 1 aliphatic heterocycles. The summed E-state index contributed by atoms with van der Waals surface area (Å²) in [6.07, 6.45) is 0.0833. The second-order valence-corrected chi connectivity index (χ2v) is 3.35. The van der Waals surface area contributed by atoms with Gasteiger partial charge in [-0.1, -0.05) is 13.3 Å². The van der Waals surface area contributed by atoms with E-state index in [9.17, 15) is 4.79 Å². The summed E-state index contributed by atoms with van der Waals surface area (Å²) in [6, 6.07) is 0. The Morgan fingerprint density at radius 2 is 1.50 bits per heavy atom. The van der Waals surface area contributed by atoms with Crippen molar-refractivity contribution in [2.24, 2.45) is 0 Å². The quantitative estimate of drug-likeness (QED) is 0.622. The Bertz CT molecular complexity index is 216. The molecule has 0 aromatic rings. The van der Waals surface area contributed by atoms with Gasteiger partial charge in [-0.15, -0.1) is 0 Å². The van der Waals surface area contributed by atoms with Crippen molar-refractivity contribution in [2.75, 3.05) is 47.3 Å². The molecule has 0 amide bonds. The van der Waals surface area contributed by atoms with E-state index in [1.54, 1.807) is 0 Å². The zero-order chi connectivity index (χ0) is 15.6. The van der Waals surface area contributed by atoms with Gasteiger partial charge in [-0.05, 0) is 6.42 Å². The number of unbranched alkanes of at least 4 members (excludes halogenated alkanes) is 1. The van der Waals surface area contributed by atoms with Gasteiger partial charge in [0.2, 0.25) is 0 Å². The number of rotatable bonds is 3. The van der Waals surface area contributed by atoms with Gasteiger partial charge in [0.05, 0.1) is 47.3 Å². The van der Waals surface area contributed by atoms with Gasteiger partial charge >= 0.3 is 12.3 Å². The molecule has 0 unspecified atom stereocenters. The molecular formula is C12H24O8. The van der Waals surface area contributed by atoms with E-state index in [1.165, 1.54) is 7.11 Å². The van der Waals surface area contributed by atoms with Gasteiger partial charge in [0, 0.05) is 0 Å². The first kappa shape index (κ1) is 20.8. The Balaban J connectivity index is 0. The van der Waals surface area contributed by atoms with Crippen molar-refractivity contribution < 1.29 is 38.4 Å². The molecule has 0 saturated carbocycles. The highest BCUT2D eigenvalue weighted by molar-refractivity contribution is 5.59. The Morgan fingerprint density at radius 1 is 1.05 bits per heavy atom. The van der Waals surface area contributed by atoms with Crippen LogP contribution in [0.5, 0.6) is 0 Å². The fourth-order valence-electron chi connectivity index (χ4n) is 0.799. The number of hydrogen-bond acceptors (Lipinski definition) is 7. The minimum Gasteiger partial charge on any atom is -0.450 e. The summed E-state index contributed by atoms with van der Waals surface area (Å²) in [5, 5.41) is 7.50. The minimum absolute atomic E-state index is 0.461. The fourth-order valence-corrected chi connectivity index (χ4v) is 0.799. The van der Waals surface area contributed by atoms with Crippen LogP contribution in [0.1, 0.15) is 19.8 Å². The van der Waals surface area contributed by atoms with Crippen LogP contribution < -0.4 is 0 Å². The molecular weight excluding hydrogens is 272 g/mol. The van der Waals surface area contributed by atoms with Crippen LogP contribution in [0.15, 0.2) is 0 Å². The van der Waals surface area contributed by atoms with Crippen LogP contribution in [0, 0.1) is 0 Å². The number of carbonyl (C=O) groups excluding carboxylic acids is 1. The maximum Gasteiger partial charge on any atom is 0.507 e. The molecule has 1 rings (SSSR count). The van der Waals surface area contributed by atoms with E-state index in [4.69, 9.17) is 19.4 Å². The number of carbonyl (C=O) groups is 2. The molecule has 8 nitrogen and oxygen atoms in total. The van der Waals surface area contributed by atoms with E-state index in [0.29, 0.717) is 6.61 Å². The molecule has 1 fully saturated rings. The Kier molecular flexibility index (Phi) is 18.1. The van der Waals surface area contributed by atoms with Crippen LogP contribution in [0.4, 0.5) is 9.59 Å². The van der Waals surface area contributed by atoms with Gasteiger partial charge in [0.25, 0.3) is 0 Å². The van der Waals surface area contributed by atoms with E-state index in [2.05, 4.69) is 14.2 Å². The zero-order valence-corrected chi connectivity index (χ0v) is 12.3. The Labute approximate surface area is 118 Å². The highest BCUT2D eigenvalue weighted by Gasteiger charge is 1.96. The third kappa shape index (κ3) is 21.7. The number of carboxylic acid groups (broad SMARTS) is 1. The van der Waals surface area contributed by atoms with E-state index < -0.39 is 12.3 Å². The van der Waals surface area contributed by atoms with Crippen molar-refractivity contribution >= 4 is 12.3 Å². The maximum atomic E-state index is 10.2. The molecule has 0 atom stereocenters. The van der Waals surface area contributed by atoms with Crippen LogP contribution in [0.25, 0.3) is 0 Å². The van der Waals surface area contributed by atoms with Crippen molar-refractivity contribution in [3.8, 4) is 0 Å². The summed E-state index contributed by atoms with van der Waals surface area (Å²) in [5.74, 6) is 0. The molecule has 0 spiro atoms. The smallest absolute Gasteiger partial charge is 0.450 e. The first-order valence-electron chi connectivity index (χ1n) is 6.21. The molecule has 1 heterocycles. The SMILES string of the molecule is C1COCCO1.CCCCOC(=O)OC.COC(=O)O. The third-order valence-corrected chi connectivity index (χ3v) is 1.80. The average Bonchev–Trinajstić information content (AvgIpc) is 2.50. The summed E-state index contributed by atoms with van der Waals surface area (Å²) in [7, 11) is 2.40. The van der Waals surface area contributed by atoms with E-state index in [0.717, 1.165) is 46.4 Å². The fraction of sp³-hybridized carbons (Fsp3) is 0.833. The average molecular weight is 296 g/mol. The second-order valence-electron chi connectivity index (χ2n) is 3.35. The number of ether oxygens (including phenoxy) is 5. The summed E-state index contributed by atoms with van der Waals surface area (Å²) in [5.41, 5.74) is 0. The third-order valence-electron chi connectivity index (χ3n) is 1.80. The van der Waals surface area contributed by atoms with Crippen molar-refractivity contribution in [3.05, 3.63) is 0 Å². The highest BCUT2D eigenvalue weighted by atomic mass is 16.7. The molecule has 0 aliphatic carbocycles. The summed E-state index contributed by atoms with van der Waals surface area (Å²) >= 11 is 0. The lowest BCUT2D eigenvalue weighted by Gasteiger charge is -2.09. The van der Waals surface area contributed by atoms with Crippen LogP contribution in [0.3, 0.4) is 0 Å². The number of methoxy groups -OCH3 is 2. The monoisotopic (exact) mass is 296 g/mol. The lowest BCUT2D eigenvalue weighted by molar-refractivity contribution is -0.0334. The molecule has 0 aromatic carbocycles. The molecule has 8 heteroatoms. The molecule has 1 aliphatic rings. The molecule has 1 N–H and O–H groups in total. The van der Waals surface area contributed by atoms with Crippen LogP contribution in [0.2, 0.25) is 0 Å². The van der Waals surface area contributed by atoms with Crippen molar-refractivity contribution in [3.63, 3.8) is 0 Å². The highest BCUT2D eigenvalue weighted by Crippen LogP contribution is 1.89. The largest absolute Gasteiger partial charge is 0.507 e. The first-order chi connectivity index (χ1) is 9.58. The standard InChI is InChI=1S/C6H12O3.C4H8O2.C2H4O3/c1-3-4-5-9-6(7)8-2;1-2-6-4-3-5-1;1-5-2(3)4/h3-5H2,1-2H3;1-4H2;1H3,(H,3,4). The molecule has 0 radical (unpaired) electrons. The molecule has 20 heavy (non-hydrogen) atoms. The van der Waals surface area contributed by atoms with Gasteiger partial charge in [-0.25, -0.2) is 9.59 Å². The molecule has 120 valence electrons. The van der Waals surface area contributed by atoms with Crippen molar-refractivity contribution in [1.82, 2.24) is 0 Å². The topological polar surface area (TPSA) is 101 Å². The summed E-state index contributed by atoms with van der Waals surface area (Å²) in [6.45, 7) is 5.60. The van der Waals surface area contributed by atoms with Gasteiger partial charge in [0.15, 0.2) is 0 Å². The molecule has 1 saturated heterocycles. The van der Waals surface area contributed by atoms with Crippen LogP contribution in [-0.4, -0.2) is 64.7 Å². The number of hydrogen-bond donors (Lipinski definition) is 1. The van der Waals surface area contributed by atoms with Gasteiger partial charge in [-0.3, -0.25) is 0 Å². The summed E-state index contributed by atoms with van der Waals surface area (Å²) in [4.78, 5) is 19.4. The Hall–Kier alpha value is -1.54. The minimum atomic E-state index is -1.25. The van der Waals surface area contributed by atoms with Gasteiger partial charge in [-0.2, -0.15) is 0 Å². The maximum absolute atomic E-state index is 10.2.